The van der Waals surface area contributed by atoms with Crippen LogP contribution in [0.4, 0.5) is 5.82 Å². The molecule has 0 radical (unpaired) electrons. The fraction of sp³-hybridized carbons (Fsp3) is 0.238. The Morgan fingerprint density at radius 1 is 1.21 bits per heavy atom. The summed E-state index contributed by atoms with van der Waals surface area (Å²) in [5.74, 6) is 0.757. The lowest BCUT2D eigenvalue weighted by atomic mass is 9.96. The van der Waals surface area contributed by atoms with E-state index in [0.29, 0.717) is 16.9 Å². The summed E-state index contributed by atoms with van der Waals surface area (Å²) in [5, 5.41) is 6.44. The molecule has 0 atom stereocenters. The predicted octanol–water partition coefficient (Wildman–Crippen LogP) is 3.56. The van der Waals surface area contributed by atoms with Gasteiger partial charge >= 0.3 is 0 Å². The number of rotatable bonds is 5. The van der Waals surface area contributed by atoms with E-state index in [1.54, 1.807) is 35.2 Å². The average Bonchev–Trinajstić information content (AvgIpc) is 3.40. The largest absolute Gasteiger partial charge is 0.375 e. The zero-order valence-corrected chi connectivity index (χ0v) is 16.9. The Balaban J connectivity index is 1.58. The van der Waals surface area contributed by atoms with E-state index in [-0.39, 0.29) is 5.60 Å². The normalized spacial score (nSPS) is 15.4. The molecule has 0 aromatic carbocycles. The maximum absolute atomic E-state index is 11.6. The lowest BCUT2D eigenvalue weighted by molar-refractivity contribution is -0.0171. The van der Waals surface area contributed by atoms with Crippen LogP contribution < -0.4 is 4.90 Å². The quantitative estimate of drug-likeness (QED) is 0.473. The zero-order valence-electron chi connectivity index (χ0n) is 16.1. The Bertz CT molecular complexity index is 1200. The van der Waals surface area contributed by atoms with Gasteiger partial charge in [0.15, 0.2) is 5.65 Å². The van der Waals surface area contributed by atoms with Crippen LogP contribution in [0.25, 0.3) is 27.5 Å². The van der Waals surface area contributed by atoms with Gasteiger partial charge in [0.1, 0.15) is 12.1 Å². The number of aromatic nitrogens is 4. The van der Waals surface area contributed by atoms with E-state index in [4.69, 9.17) is 14.7 Å². The van der Waals surface area contributed by atoms with Crippen LogP contribution in [0, 0.1) is 0 Å². The Hall–Kier alpha value is -3.10. The first-order valence-electron chi connectivity index (χ1n) is 9.24. The Morgan fingerprint density at radius 3 is 2.79 bits per heavy atom. The van der Waals surface area contributed by atoms with Crippen LogP contribution in [0.15, 0.2) is 48.1 Å². The SMILES string of the molecule is COC1(C)CN(c2cc(C=O)cc(-c3cnn4ccc(-c5cccs5)nc34)n2)C1. The number of hydrogen-bond acceptors (Lipinski definition) is 7. The molecule has 0 aliphatic carbocycles. The van der Waals surface area contributed by atoms with Gasteiger partial charge in [-0.05, 0) is 36.6 Å². The summed E-state index contributed by atoms with van der Waals surface area (Å²) in [6, 6.07) is 9.58. The number of anilines is 1. The van der Waals surface area contributed by atoms with Crippen molar-refractivity contribution in [2.45, 2.75) is 12.5 Å². The molecule has 1 aliphatic heterocycles. The number of aldehydes is 1. The van der Waals surface area contributed by atoms with E-state index < -0.39 is 0 Å². The number of carbonyl (C=O) groups is 1. The number of fused-ring (bicyclic) bond motifs is 1. The van der Waals surface area contributed by atoms with Gasteiger partial charge in [0.2, 0.25) is 0 Å². The van der Waals surface area contributed by atoms with Crippen LogP contribution >= 0.6 is 11.3 Å². The molecule has 0 bridgehead atoms. The number of pyridine rings is 1. The molecule has 29 heavy (non-hydrogen) atoms. The topological polar surface area (TPSA) is 72.6 Å². The van der Waals surface area contributed by atoms with Gasteiger partial charge in [-0.3, -0.25) is 4.79 Å². The Kier molecular flexibility index (Phi) is 4.18. The van der Waals surface area contributed by atoms with Crippen LogP contribution in [0.5, 0.6) is 0 Å². The number of thiophene rings is 1. The molecule has 5 rings (SSSR count). The van der Waals surface area contributed by atoms with Gasteiger partial charge in [-0.2, -0.15) is 5.10 Å². The second kappa shape index (κ2) is 6.75. The minimum absolute atomic E-state index is 0.180. The fourth-order valence-electron chi connectivity index (χ4n) is 3.57. The number of carbonyl (C=O) groups excluding carboxylic acids is 1. The highest BCUT2D eigenvalue weighted by Crippen LogP contribution is 2.32. The summed E-state index contributed by atoms with van der Waals surface area (Å²) < 4.78 is 7.26. The molecule has 0 unspecified atom stereocenters. The van der Waals surface area contributed by atoms with E-state index >= 15 is 0 Å². The third kappa shape index (κ3) is 3.10. The van der Waals surface area contributed by atoms with Crippen molar-refractivity contribution in [2.24, 2.45) is 0 Å². The predicted molar refractivity (Wildman–Crippen MR) is 113 cm³/mol. The molecule has 1 fully saturated rings. The molecule has 7 nitrogen and oxygen atoms in total. The molecule has 0 spiro atoms. The second-order valence-electron chi connectivity index (χ2n) is 7.39. The monoisotopic (exact) mass is 405 g/mol. The molecular weight excluding hydrogens is 386 g/mol. The van der Waals surface area contributed by atoms with Crippen molar-refractivity contribution >= 4 is 29.1 Å². The average molecular weight is 405 g/mol. The molecule has 8 heteroatoms. The second-order valence-corrected chi connectivity index (χ2v) is 8.34. The molecule has 1 saturated heterocycles. The van der Waals surface area contributed by atoms with Gasteiger partial charge in [0, 0.05) is 32.0 Å². The zero-order chi connectivity index (χ0) is 20.0. The lowest BCUT2D eigenvalue weighted by Crippen LogP contribution is -2.61. The van der Waals surface area contributed by atoms with Gasteiger partial charge < -0.3 is 9.64 Å². The van der Waals surface area contributed by atoms with Crippen molar-refractivity contribution in [2.75, 3.05) is 25.1 Å². The first-order chi connectivity index (χ1) is 14.1. The minimum Gasteiger partial charge on any atom is -0.375 e. The summed E-state index contributed by atoms with van der Waals surface area (Å²) in [5.41, 5.74) is 3.47. The van der Waals surface area contributed by atoms with Crippen LogP contribution in [-0.4, -0.2) is 51.7 Å². The van der Waals surface area contributed by atoms with E-state index in [1.807, 2.05) is 35.8 Å². The molecule has 4 aromatic rings. The molecule has 0 amide bonds. The summed E-state index contributed by atoms with van der Waals surface area (Å²) in [6.45, 7) is 3.52. The summed E-state index contributed by atoms with van der Waals surface area (Å²) in [4.78, 5) is 24.4. The maximum Gasteiger partial charge on any atom is 0.165 e. The Morgan fingerprint density at radius 2 is 2.07 bits per heavy atom. The summed E-state index contributed by atoms with van der Waals surface area (Å²) in [6.07, 6.45) is 4.49. The van der Waals surface area contributed by atoms with Gasteiger partial charge in [0.05, 0.1) is 33.6 Å². The summed E-state index contributed by atoms with van der Waals surface area (Å²) >= 11 is 1.64. The van der Waals surface area contributed by atoms with Crippen molar-refractivity contribution in [1.29, 1.82) is 0 Å². The van der Waals surface area contributed by atoms with Crippen molar-refractivity contribution in [3.05, 3.63) is 53.7 Å². The van der Waals surface area contributed by atoms with Gasteiger partial charge in [-0.25, -0.2) is 14.5 Å². The Labute approximate surface area is 171 Å². The third-order valence-corrected chi connectivity index (χ3v) is 6.15. The van der Waals surface area contributed by atoms with Gasteiger partial charge in [-0.15, -0.1) is 11.3 Å². The van der Waals surface area contributed by atoms with Gasteiger partial charge in [-0.1, -0.05) is 6.07 Å². The van der Waals surface area contributed by atoms with Crippen LogP contribution in [-0.2, 0) is 4.74 Å². The van der Waals surface area contributed by atoms with Crippen molar-refractivity contribution in [3.8, 4) is 21.8 Å². The van der Waals surface area contributed by atoms with E-state index in [2.05, 4.69) is 16.9 Å². The molecule has 4 aromatic heterocycles. The van der Waals surface area contributed by atoms with Gasteiger partial charge in [0.25, 0.3) is 0 Å². The number of ether oxygens (including phenoxy) is 1. The molecule has 0 N–H and O–H groups in total. The highest BCUT2D eigenvalue weighted by molar-refractivity contribution is 7.13. The molecular formula is C21H19N5O2S. The number of hydrogen-bond donors (Lipinski definition) is 0. The van der Waals surface area contributed by atoms with Crippen LogP contribution in [0.2, 0.25) is 0 Å². The molecule has 146 valence electrons. The minimum atomic E-state index is -0.180. The first-order valence-corrected chi connectivity index (χ1v) is 10.1. The lowest BCUT2D eigenvalue weighted by Gasteiger charge is -2.47. The molecule has 1 aliphatic rings. The van der Waals surface area contributed by atoms with Crippen LogP contribution in [0.1, 0.15) is 17.3 Å². The third-order valence-electron chi connectivity index (χ3n) is 5.26. The van der Waals surface area contributed by atoms with Crippen LogP contribution in [0.3, 0.4) is 0 Å². The van der Waals surface area contributed by atoms with E-state index in [1.165, 1.54) is 0 Å². The van der Waals surface area contributed by atoms with Crippen molar-refractivity contribution in [3.63, 3.8) is 0 Å². The summed E-state index contributed by atoms with van der Waals surface area (Å²) in [7, 11) is 1.72. The fourth-order valence-corrected chi connectivity index (χ4v) is 4.26. The van der Waals surface area contributed by atoms with E-state index in [9.17, 15) is 4.79 Å². The molecule has 0 saturated carbocycles. The van der Waals surface area contributed by atoms with E-state index in [0.717, 1.165) is 41.3 Å². The number of nitrogens with zero attached hydrogens (tertiary/aromatic N) is 5. The standard InChI is InChI=1S/C21H19N5O2S/c1-21(28-2)12-25(13-21)19-9-14(11-27)8-17(23-19)15-10-22-26-6-5-16(24-20(15)26)18-4-3-7-29-18/h3-11H,12-13H2,1-2H3. The smallest absolute Gasteiger partial charge is 0.165 e. The molecule has 5 heterocycles. The highest BCUT2D eigenvalue weighted by Gasteiger charge is 2.39. The first kappa shape index (κ1) is 18.0. The van der Waals surface area contributed by atoms with Crippen molar-refractivity contribution < 1.29 is 9.53 Å². The highest BCUT2D eigenvalue weighted by atomic mass is 32.1. The van der Waals surface area contributed by atoms with Crippen molar-refractivity contribution in [1.82, 2.24) is 19.6 Å². The maximum atomic E-state index is 11.6. The number of methoxy groups -OCH3 is 1.